The zero-order valence-electron chi connectivity index (χ0n) is 7.61. The zero-order chi connectivity index (χ0) is 10.8. The molecule has 15 heavy (non-hydrogen) atoms. The van der Waals surface area contributed by atoms with Gasteiger partial charge in [0.05, 0.1) is 5.56 Å². The van der Waals surface area contributed by atoms with Crippen LogP contribution in [0.25, 0.3) is 11.1 Å². The summed E-state index contributed by atoms with van der Waals surface area (Å²) in [6.45, 7) is 0. The van der Waals surface area contributed by atoms with E-state index in [1.54, 1.807) is 17.4 Å². The van der Waals surface area contributed by atoms with Crippen LogP contribution in [0.3, 0.4) is 0 Å². The molecule has 0 aliphatic heterocycles. The molecule has 2 rings (SSSR count). The van der Waals surface area contributed by atoms with Gasteiger partial charge in [0, 0.05) is 4.47 Å². The molecule has 0 saturated carbocycles. The van der Waals surface area contributed by atoms with Crippen LogP contribution in [0.2, 0.25) is 0 Å². The molecule has 0 aliphatic carbocycles. The highest BCUT2D eigenvalue weighted by atomic mass is 79.9. The van der Waals surface area contributed by atoms with Crippen molar-refractivity contribution in [2.24, 2.45) is 0 Å². The number of halogens is 1. The highest BCUT2D eigenvalue weighted by Crippen LogP contribution is 2.28. The number of rotatable bonds is 2. The Kier molecular flexibility index (Phi) is 2.88. The molecule has 76 valence electrons. The molecule has 4 heteroatoms. The molecule has 0 unspecified atom stereocenters. The average Bonchev–Trinajstić information content (AvgIpc) is 2.70. The van der Waals surface area contributed by atoms with E-state index in [-0.39, 0.29) is 0 Å². The second kappa shape index (κ2) is 4.16. The molecule has 2 aromatic rings. The number of benzene rings is 1. The fourth-order valence-corrected chi connectivity index (χ4v) is 2.38. The average molecular weight is 283 g/mol. The summed E-state index contributed by atoms with van der Waals surface area (Å²) in [6.07, 6.45) is 0. The third-order valence-electron chi connectivity index (χ3n) is 2.04. The van der Waals surface area contributed by atoms with Gasteiger partial charge in [-0.1, -0.05) is 22.0 Å². The van der Waals surface area contributed by atoms with Crippen molar-refractivity contribution in [2.75, 3.05) is 0 Å². The smallest absolute Gasteiger partial charge is 0.336 e. The van der Waals surface area contributed by atoms with Gasteiger partial charge in [0.15, 0.2) is 0 Å². The van der Waals surface area contributed by atoms with Gasteiger partial charge in [-0.3, -0.25) is 0 Å². The summed E-state index contributed by atoms with van der Waals surface area (Å²) in [5, 5.41) is 12.9. The van der Waals surface area contributed by atoms with E-state index in [2.05, 4.69) is 15.9 Å². The van der Waals surface area contributed by atoms with E-state index >= 15 is 0 Å². The van der Waals surface area contributed by atoms with Gasteiger partial charge in [-0.05, 0) is 40.1 Å². The van der Waals surface area contributed by atoms with Crippen LogP contribution in [0.4, 0.5) is 0 Å². The molecule has 2 nitrogen and oxygen atoms in total. The van der Waals surface area contributed by atoms with Crippen molar-refractivity contribution in [1.82, 2.24) is 0 Å². The van der Waals surface area contributed by atoms with Crippen molar-refractivity contribution in [1.29, 1.82) is 0 Å². The van der Waals surface area contributed by atoms with E-state index in [1.165, 1.54) is 0 Å². The lowest BCUT2D eigenvalue weighted by molar-refractivity contribution is 0.0697. The summed E-state index contributed by atoms with van der Waals surface area (Å²) < 4.78 is 0.777. The van der Waals surface area contributed by atoms with Crippen LogP contribution in [0.1, 0.15) is 10.4 Å². The molecule has 0 spiro atoms. The topological polar surface area (TPSA) is 37.3 Å². The molecule has 1 aromatic heterocycles. The second-order valence-electron chi connectivity index (χ2n) is 3.01. The van der Waals surface area contributed by atoms with Gasteiger partial charge in [0.1, 0.15) is 0 Å². The van der Waals surface area contributed by atoms with Gasteiger partial charge < -0.3 is 5.11 Å². The van der Waals surface area contributed by atoms with Gasteiger partial charge in [-0.15, -0.1) is 0 Å². The Hall–Kier alpha value is -1.13. The summed E-state index contributed by atoms with van der Waals surface area (Å²) in [5.41, 5.74) is 2.03. The monoisotopic (exact) mass is 282 g/mol. The van der Waals surface area contributed by atoms with Gasteiger partial charge in [-0.2, -0.15) is 11.3 Å². The van der Waals surface area contributed by atoms with Crippen molar-refractivity contribution in [3.8, 4) is 11.1 Å². The summed E-state index contributed by atoms with van der Waals surface area (Å²) in [4.78, 5) is 11.1. The van der Waals surface area contributed by atoms with E-state index in [9.17, 15) is 4.79 Å². The molecule has 1 aromatic carbocycles. The summed E-state index contributed by atoms with van der Waals surface area (Å²) >= 11 is 4.82. The quantitative estimate of drug-likeness (QED) is 0.908. The maximum absolute atomic E-state index is 11.1. The highest BCUT2D eigenvalue weighted by molar-refractivity contribution is 9.10. The number of hydrogen-bond donors (Lipinski definition) is 1. The minimum atomic E-state index is -0.905. The lowest BCUT2D eigenvalue weighted by Crippen LogP contribution is -1.98. The lowest BCUT2D eigenvalue weighted by Gasteiger charge is -2.04. The first-order valence-electron chi connectivity index (χ1n) is 4.24. The molecular weight excluding hydrogens is 276 g/mol. The number of carbonyl (C=O) groups is 1. The van der Waals surface area contributed by atoms with Crippen LogP contribution in [-0.2, 0) is 0 Å². The van der Waals surface area contributed by atoms with Crippen molar-refractivity contribution < 1.29 is 9.90 Å². The normalized spacial score (nSPS) is 10.2. The Bertz CT molecular complexity index is 491. The fourth-order valence-electron chi connectivity index (χ4n) is 1.36. The Balaban J connectivity index is 2.61. The van der Waals surface area contributed by atoms with E-state index in [0.717, 1.165) is 15.6 Å². The molecule has 0 aliphatic rings. The van der Waals surface area contributed by atoms with E-state index in [1.807, 2.05) is 29.0 Å². The third-order valence-corrected chi connectivity index (χ3v) is 3.22. The number of hydrogen-bond acceptors (Lipinski definition) is 2. The van der Waals surface area contributed by atoms with Gasteiger partial charge in [0.25, 0.3) is 0 Å². The molecule has 0 fully saturated rings. The van der Waals surface area contributed by atoms with Crippen molar-refractivity contribution in [3.63, 3.8) is 0 Å². The standard InChI is InChI=1S/C11H7BrO2S/c12-8-1-2-9(7-3-4-15-6-7)10(5-8)11(13)14/h1-6H,(H,13,14). The number of aromatic carboxylic acids is 1. The molecule has 1 heterocycles. The van der Waals surface area contributed by atoms with Crippen LogP contribution in [0.15, 0.2) is 39.5 Å². The molecule has 0 saturated heterocycles. The Morgan fingerprint density at radius 3 is 2.73 bits per heavy atom. The summed E-state index contributed by atoms with van der Waals surface area (Å²) in [5.74, 6) is -0.905. The van der Waals surface area contributed by atoms with Crippen LogP contribution in [-0.4, -0.2) is 11.1 Å². The van der Waals surface area contributed by atoms with Gasteiger partial charge in [0.2, 0.25) is 0 Å². The van der Waals surface area contributed by atoms with E-state index < -0.39 is 5.97 Å². The SMILES string of the molecule is O=C(O)c1cc(Br)ccc1-c1ccsc1. The third kappa shape index (κ3) is 2.11. The predicted molar refractivity (Wildman–Crippen MR) is 64.4 cm³/mol. The fraction of sp³-hybridized carbons (Fsp3) is 0. The van der Waals surface area contributed by atoms with Crippen molar-refractivity contribution in [2.45, 2.75) is 0 Å². The first kappa shape index (κ1) is 10.4. The van der Waals surface area contributed by atoms with Gasteiger partial charge >= 0.3 is 5.97 Å². The molecule has 1 N–H and O–H groups in total. The van der Waals surface area contributed by atoms with Gasteiger partial charge in [-0.25, -0.2) is 4.79 Å². The molecule has 0 bridgehead atoms. The number of carboxylic acids is 1. The Morgan fingerprint density at radius 2 is 2.13 bits per heavy atom. The van der Waals surface area contributed by atoms with Crippen molar-refractivity contribution in [3.05, 3.63) is 45.1 Å². The second-order valence-corrected chi connectivity index (χ2v) is 4.70. The first-order chi connectivity index (χ1) is 7.18. The molecule has 0 amide bonds. The van der Waals surface area contributed by atoms with E-state index in [0.29, 0.717) is 5.56 Å². The zero-order valence-corrected chi connectivity index (χ0v) is 10.0. The lowest BCUT2D eigenvalue weighted by atomic mass is 10.0. The van der Waals surface area contributed by atoms with Crippen LogP contribution >= 0.6 is 27.3 Å². The first-order valence-corrected chi connectivity index (χ1v) is 5.97. The number of carboxylic acid groups (broad SMARTS) is 1. The van der Waals surface area contributed by atoms with Crippen LogP contribution < -0.4 is 0 Å². The molecule has 0 radical (unpaired) electrons. The Labute approximate surface area is 99.3 Å². The molecule has 0 atom stereocenters. The van der Waals surface area contributed by atoms with E-state index in [4.69, 9.17) is 5.11 Å². The molecular formula is C11H7BrO2S. The largest absolute Gasteiger partial charge is 0.478 e. The summed E-state index contributed by atoms with van der Waals surface area (Å²) in [6, 6.07) is 7.20. The maximum atomic E-state index is 11.1. The predicted octanol–water partition coefficient (Wildman–Crippen LogP) is 3.88. The van der Waals surface area contributed by atoms with Crippen LogP contribution in [0.5, 0.6) is 0 Å². The number of thiophene rings is 1. The van der Waals surface area contributed by atoms with Crippen LogP contribution in [0, 0.1) is 0 Å². The Morgan fingerprint density at radius 1 is 1.33 bits per heavy atom. The highest BCUT2D eigenvalue weighted by Gasteiger charge is 2.12. The minimum Gasteiger partial charge on any atom is -0.478 e. The minimum absolute atomic E-state index is 0.322. The summed E-state index contributed by atoms with van der Waals surface area (Å²) in [7, 11) is 0. The van der Waals surface area contributed by atoms with Crippen molar-refractivity contribution >= 4 is 33.2 Å². The maximum Gasteiger partial charge on any atom is 0.336 e.